The van der Waals surface area contributed by atoms with Crippen LogP contribution in [0.3, 0.4) is 0 Å². The maximum atomic E-state index is 11.6. The summed E-state index contributed by atoms with van der Waals surface area (Å²) >= 11 is 0. The molecule has 3 heteroatoms. The predicted molar refractivity (Wildman–Crippen MR) is 148 cm³/mol. The van der Waals surface area contributed by atoms with Crippen LogP contribution in [-0.4, -0.2) is 24.0 Å². The number of unbranched alkanes of at least 4 members (excludes halogenated alkanes) is 2. The van der Waals surface area contributed by atoms with Gasteiger partial charge in [-0.15, -0.1) is 0 Å². The van der Waals surface area contributed by atoms with Crippen LogP contribution in [0.1, 0.15) is 60.8 Å². The van der Waals surface area contributed by atoms with Crippen LogP contribution in [-0.2, 0) is 9.53 Å². The Hall–Kier alpha value is -3.85. The Morgan fingerprint density at radius 1 is 0.972 bits per heavy atom. The molecule has 3 nitrogen and oxygen atoms in total. The highest BCUT2D eigenvalue weighted by molar-refractivity contribution is 6.06. The van der Waals surface area contributed by atoms with E-state index in [0.717, 1.165) is 43.6 Å². The molecule has 0 N–H and O–H groups in total. The Kier molecular flexibility index (Phi) is 5.44. The topological polar surface area (TPSA) is 29.5 Å². The molecule has 0 bridgehead atoms. The van der Waals surface area contributed by atoms with Crippen molar-refractivity contribution in [3.63, 3.8) is 0 Å². The van der Waals surface area contributed by atoms with Gasteiger partial charge >= 0.3 is 5.97 Å². The molecule has 0 fully saturated rings. The van der Waals surface area contributed by atoms with Crippen molar-refractivity contribution in [2.45, 2.75) is 38.5 Å². The summed E-state index contributed by atoms with van der Waals surface area (Å²) in [6.45, 7) is 15.6. The number of rotatable bonds is 7. The summed E-state index contributed by atoms with van der Waals surface area (Å²) in [6, 6.07) is 18.0. The fourth-order valence-electron chi connectivity index (χ4n) is 6.19. The van der Waals surface area contributed by atoms with Gasteiger partial charge < -0.3 is 9.64 Å². The van der Waals surface area contributed by atoms with Crippen molar-refractivity contribution in [1.82, 2.24) is 4.90 Å². The number of allylic oxidation sites excluding steroid dienone is 2. The Balaban J connectivity index is 1.28. The minimum absolute atomic E-state index is 0.311. The average molecular weight is 474 g/mol. The maximum Gasteiger partial charge on any atom is 0.333 e. The molecular weight excluding hydrogens is 442 g/mol. The standard InChI is InChI=1S/C33H31NO2/c1-20(2)33(35)36-19-7-5-6-18-34-21(3)24-14-16-28-26-12-8-10-23-11-9-13-27(30(23)26)29-17-15-25(22(34)4)31(24)32(28)29/h8-16,29H,1,3-7,17-19H2,2H3. The Morgan fingerprint density at radius 3 is 2.56 bits per heavy atom. The van der Waals surface area contributed by atoms with Gasteiger partial charge in [0.1, 0.15) is 0 Å². The van der Waals surface area contributed by atoms with E-state index < -0.39 is 0 Å². The average Bonchev–Trinajstić information content (AvgIpc) is 2.89. The number of fused-ring (bicyclic) bond motifs is 2. The van der Waals surface area contributed by atoms with E-state index in [9.17, 15) is 4.79 Å². The molecule has 3 aromatic carbocycles. The summed E-state index contributed by atoms with van der Waals surface area (Å²) in [5.74, 6) is 0.0560. The van der Waals surface area contributed by atoms with Crippen LogP contribution in [0.5, 0.6) is 0 Å². The van der Waals surface area contributed by atoms with Gasteiger partial charge in [0.2, 0.25) is 0 Å². The smallest absolute Gasteiger partial charge is 0.333 e. The molecule has 3 aliphatic rings. The molecule has 0 amide bonds. The number of carbonyl (C=O) groups is 1. The second-order valence-corrected chi connectivity index (χ2v) is 10.1. The number of esters is 1. The van der Waals surface area contributed by atoms with Gasteiger partial charge in [0.05, 0.1) is 6.61 Å². The minimum Gasteiger partial charge on any atom is -0.462 e. The van der Waals surface area contributed by atoms with Gasteiger partial charge in [0.25, 0.3) is 0 Å². The molecule has 1 heterocycles. The van der Waals surface area contributed by atoms with Gasteiger partial charge in [-0.3, -0.25) is 0 Å². The highest BCUT2D eigenvalue weighted by Gasteiger charge is 2.37. The maximum absolute atomic E-state index is 11.6. The van der Waals surface area contributed by atoms with Crippen molar-refractivity contribution >= 4 is 28.0 Å². The molecule has 36 heavy (non-hydrogen) atoms. The lowest BCUT2D eigenvalue weighted by atomic mass is 9.68. The first-order chi connectivity index (χ1) is 17.5. The van der Waals surface area contributed by atoms with Crippen molar-refractivity contribution in [2.24, 2.45) is 0 Å². The largest absolute Gasteiger partial charge is 0.462 e. The molecule has 0 spiro atoms. The van der Waals surface area contributed by atoms with Gasteiger partial charge in [-0.2, -0.15) is 0 Å². The first-order valence-electron chi connectivity index (χ1n) is 12.9. The SMILES string of the molecule is C=C(C)C(=O)OCCCCCN1C(=C)C2=CCC3c4c(ccc(c42)C1=C)-c1cccc2cccc3c12. The number of benzene rings is 3. The first-order valence-corrected chi connectivity index (χ1v) is 12.9. The lowest BCUT2D eigenvalue weighted by Gasteiger charge is -2.42. The van der Waals surface area contributed by atoms with Crippen LogP contribution >= 0.6 is 0 Å². The fraction of sp³-hybridized carbons (Fsp3) is 0.242. The van der Waals surface area contributed by atoms with Crippen LogP contribution < -0.4 is 0 Å². The molecule has 6 rings (SSSR count). The van der Waals surface area contributed by atoms with E-state index in [1.165, 1.54) is 49.7 Å². The van der Waals surface area contributed by atoms with Gasteiger partial charge in [-0.1, -0.05) is 74.3 Å². The lowest BCUT2D eigenvalue weighted by Crippen LogP contribution is -2.30. The van der Waals surface area contributed by atoms with E-state index in [0.29, 0.717) is 18.1 Å². The molecule has 1 atom stereocenters. The highest BCUT2D eigenvalue weighted by atomic mass is 16.5. The highest BCUT2D eigenvalue weighted by Crippen LogP contribution is 2.55. The Labute approximate surface area is 213 Å². The molecule has 1 unspecified atom stereocenters. The summed E-state index contributed by atoms with van der Waals surface area (Å²) in [7, 11) is 0. The second kappa shape index (κ2) is 8.67. The van der Waals surface area contributed by atoms with Crippen LogP contribution in [0.2, 0.25) is 0 Å². The van der Waals surface area contributed by atoms with E-state index in [-0.39, 0.29) is 5.97 Å². The zero-order valence-electron chi connectivity index (χ0n) is 20.9. The van der Waals surface area contributed by atoms with E-state index in [1.807, 2.05) is 0 Å². The van der Waals surface area contributed by atoms with Crippen molar-refractivity contribution in [3.8, 4) is 11.1 Å². The van der Waals surface area contributed by atoms with Gasteiger partial charge in [0.15, 0.2) is 0 Å². The second-order valence-electron chi connectivity index (χ2n) is 10.1. The summed E-state index contributed by atoms with van der Waals surface area (Å²) in [5.41, 5.74) is 11.9. The van der Waals surface area contributed by atoms with Crippen LogP contribution in [0.15, 0.2) is 85.6 Å². The van der Waals surface area contributed by atoms with Crippen LogP contribution in [0, 0.1) is 0 Å². The number of carbonyl (C=O) groups excluding carboxylic acids is 1. The fourth-order valence-corrected chi connectivity index (χ4v) is 6.19. The third-order valence-electron chi connectivity index (χ3n) is 7.90. The molecule has 180 valence electrons. The van der Waals surface area contributed by atoms with Gasteiger partial charge in [0, 0.05) is 40.6 Å². The van der Waals surface area contributed by atoms with E-state index in [1.54, 1.807) is 6.92 Å². The van der Waals surface area contributed by atoms with Gasteiger partial charge in [-0.05, 0) is 71.2 Å². The quantitative estimate of drug-likeness (QED) is 0.199. The lowest BCUT2D eigenvalue weighted by molar-refractivity contribution is -0.139. The van der Waals surface area contributed by atoms with E-state index in [2.05, 4.69) is 79.2 Å². The molecule has 0 radical (unpaired) electrons. The minimum atomic E-state index is -0.311. The molecule has 1 aliphatic heterocycles. The van der Waals surface area contributed by atoms with E-state index >= 15 is 0 Å². The monoisotopic (exact) mass is 473 g/mol. The van der Waals surface area contributed by atoms with Crippen LogP contribution in [0.4, 0.5) is 0 Å². The third-order valence-corrected chi connectivity index (χ3v) is 7.90. The van der Waals surface area contributed by atoms with E-state index in [4.69, 9.17) is 4.74 Å². The predicted octanol–water partition coefficient (Wildman–Crippen LogP) is 7.83. The normalized spacial score (nSPS) is 17.1. The van der Waals surface area contributed by atoms with Crippen LogP contribution in [0.25, 0.3) is 33.2 Å². The summed E-state index contributed by atoms with van der Waals surface area (Å²) in [5, 5.41) is 2.72. The summed E-state index contributed by atoms with van der Waals surface area (Å²) < 4.78 is 5.23. The zero-order chi connectivity index (χ0) is 25.0. The van der Waals surface area contributed by atoms with Crippen molar-refractivity contribution in [1.29, 1.82) is 0 Å². The summed E-state index contributed by atoms with van der Waals surface area (Å²) in [6.07, 6.45) is 6.17. The number of nitrogens with zero attached hydrogens (tertiary/aromatic N) is 1. The van der Waals surface area contributed by atoms with Crippen molar-refractivity contribution < 1.29 is 9.53 Å². The van der Waals surface area contributed by atoms with Gasteiger partial charge in [-0.25, -0.2) is 4.79 Å². The Bertz CT molecular complexity index is 1500. The zero-order valence-corrected chi connectivity index (χ0v) is 20.9. The number of hydrogen-bond donors (Lipinski definition) is 0. The number of hydrogen-bond acceptors (Lipinski definition) is 3. The molecule has 0 saturated carbocycles. The molecule has 0 saturated heterocycles. The molecular formula is C33H31NO2. The van der Waals surface area contributed by atoms with Crippen molar-refractivity contribution in [3.05, 3.63) is 108 Å². The summed E-state index contributed by atoms with van der Waals surface area (Å²) in [4.78, 5) is 13.8. The number of ether oxygens (including phenoxy) is 1. The third kappa shape index (κ3) is 3.37. The molecule has 0 aromatic heterocycles. The molecule has 3 aromatic rings. The van der Waals surface area contributed by atoms with Crippen molar-refractivity contribution in [2.75, 3.05) is 13.2 Å². The first kappa shape index (κ1) is 22.6. The molecule has 2 aliphatic carbocycles. The Morgan fingerprint density at radius 2 is 1.75 bits per heavy atom.